The van der Waals surface area contributed by atoms with Crippen molar-refractivity contribution in [3.05, 3.63) is 89.0 Å². The highest BCUT2D eigenvalue weighted by Crippen LogP contribution is 2.36. The summed E-state index contributed by atoms with van der Waals surface area (Å²) in [4.78, 5) is 27.0. The van der Waals surface area contributed by atoms with E-state index in [1.165, 1.54) is 0 Å². The van der Waals surface area contributed by atoms with Crippen LogP contribution in [0.2, 0.25) is 0 Å². The zero-order valence-corrected chi connectivity index (χ0v) is 14.7. The molecule has 0 atom stereocenters. The number of carbonyl (C=O) groups excluding carboxylic acids is 2. The lowest BCUT2D eigenvalue weighted by molar-refractivity contribution is 0.0925. The van der Waals surface area contributed by atoms with E-state index in [9.17, 15) is 9.59 Å². The zero-order valence-electron chi connectivity index (χ0n) is 14.7. The van der Waals surface area contributed by atoms with Crippen molar-refractivity contribution in [3.63, 3.8) is 0 Å². The minimum absolute atomic E-state index is 0.231. The number of fused-ring (bicyclic) bond motifs is 1. The smallest absolute Gasteiger partial charge is 0.269 e. The summed E-state index contributed by atoms with van der Waals surface area (Å²) in [5.74, 6) is 5.03. The number of amides is 2. The maximum absolute atomic E-state index is 13.0. The maximum atomic E-state index is 13.0. The molecule has 3 aromatic carbocycles. The van der Waals surface area contributed by atoms with E-state index >= 15 is 0 Å². The number of nitrogens with zero attached hydrogens (tertiary/aromatic N) is 1. The van der Waals surface area contributed by atoms with E-state index in [4.69, 9.17) is 17.6 Å². The van der Waals surface area contributed by atoms with Gasteiger partial charge in [-0.25, -0.2) is 4.90 Å². The molecule has 4 rings (SSSR count). The number of terminal acetylenes is 2. The van der Waals surface area contributed by atoms with Gasteiger partial charge in [-0.05, 0) is 60.7 Å². The van der Waals surface area contributed by atoms with Crippen LogP contribution in [0.3, 0.4) is 0 Å². The average molecular weight is 363 g/mol. The number of benzene rings is 3. The Balaban J connectivity index is 1.71. The predicted octanol–water partition coefficient (Wildman–Crippen LogP) is 4.24. The van der Waals surface area contributed by atoms with Crippen molar-refractivity contribution < 1.29 is 14.3 Å². The van der Waals surface area contributed by atoms with Gasteiger partial charge in [0, 0.05) is 11.1 Å². The molecule has 1 aliphatic heterocycles. The molecule has 0 bridgehead atoms. The Bertz CT molecular complexity index is 1180. The molecule has 0 aliphatic carbocycles. The molecular formula is C24H13NO3. The number of rotatable bonds is 3. The summed E-state index contributed by atoms with van der Waals surface area (Å²) in [6.07, 6.45) is 10.7. The second-order valence-electron chi connectivity index (χ2n) is 6.09. The van der Waals surface area contributed by atoms with Crippen LogP contribution < -0.4 is 9.64 Å². The average Bonchev–Trinajstić information content (AvgIpc) is 3.00. The van der Waals surface area contributed by atoms with Crippen molar-refractivity contribution in [1.29, 1.82) is 0 Å². The van der Waals surface area contributed by atoms with Crippen LogP contribution in [-0.2, 0) is 0 Å². The number of imide groups is 1. The van der Waals surface area contributed by atoms with Crippen LogP contribution in [0, 0.1) is 24.7 Å². The highest BCUT2D eigenvalue weighted by Gasteiger charge is 2.39. The van der Waals surface area contributed by atoms with E-state index in [2.05, 4.69) is 11.8 Å². The Kier molecular flexibility index (Phi) is 4.16. The normalized spacial score (nSPS) is 12.3. The second-order valence-corrected chi connectivity index (χ2v) is 6.09. The SMILES string of the molecule is C#Cc1ccc(Oc2cccc3c2C(=O)N(c2ccc(C#C)cc2)C3=O)cc1. The Morgan fingerprint density at radius 1 is 0.750 bits per heavy atom. The van der Waals surface area contributed by atoms with Gasteiger partial charge in [0.1, 0.15) is 11.5 Å². The molecule has 1 heterocycles. The van der Waals surface area contributed by atoms with Crippen molar-refractivity contribution in [1.82, 2.24) is 0 Å². The van der Waals surface area contributed by atoms with Gasteiger partial charge in [0.05, 0.1) is 16.8 Å². The first-order valence-electron chi connectivity index (χ1n) is 8.45. The van der Waals surface area contributed by atoms with Crippen LogP contribution in [0.15, 0.2) is 66.7 Å². The van der Waals surface area contributed by atoms with Gasteiger partial charge >= 0.3 is 0 Å². The van der Waals surface area contributed by atoms with Gasteiger partial charge in [-0.3, -0.25) is 9.59 Å². The first-order chi connectivity index (χ1) is 13.6. The van der Waals surface area contributed by atoms with Crippen molar-refractivity contribution in [3.8, 4) is 36.2 Å². The van der Waals surface area contributed by atoms with Crippen molar-refractivity contribution in [2.24, 2.45) is 0 Å². The quantitative estimate of drug-likeness (QED) is 0.516. The summed E-state index contributed by atoms with van der Waals surface area (Å²) in [7, 11) is 0. The van der Waals surface area contributed by atoms with Crippen LogP contribution in [0.1, 0.15) is 31.8 Å². The Morgan fingerprint density at radius 2 is 1.36 bits per heavy atom. The van der Waals surface area contributed by atoms with Gasteiger partial charge in [0.25, 0.3) is 11.8 Å². The zero-order chi connectivity index (χ0) is 19.7. The molecule has 28 heavy (non-hydrogen) atoms. The van der Waals surface area contributed by atoms with Crippen molar-refractivity contribution in [2.75, 3.05) is 4.90 Å². The first kappa shape index (κ1) is 17.1. The van der Waals surface area contributed by atoms with Crippen LogP contribution in [0.4, 0.5) is 5.69 Å². The van der Waals surface area contributed by atoms with E-state index in [-0.39, 0.29) is 5.56 Å². The third-order valence-corrected chi connectivity index (χ3v) is 4.42. The molecule has 0 saturated carbocycles. The molecule has 132 valence electrons. The van der Waals surface area contributed by atoms with Crippen molar-refractivity contribution in [2.45, 2.75) is 0 Å². The Hall–Kier alpha value is -4.28. The summed E-state index contributed by atoms with van der Waals surface area (Å²) < 4.78 is 5.87. The van der Waals surface area contributed by atoms with Crippen LogP contribution in [0.5, 0.6) is 11.5 Å². The molecule has 0 spiro atoms. The van der Waals surface area contributed by atoms with E-state index in [1.807, 2.05) is 0 Å². The molecule has 1 aliphatic rings. The molecule has 4 heteroatoms. The van der Waals surface area contributed by atoms with Gasteiger partial charge in [-0.2, -0.15) is 0 Å². The lowest BCUT2D eigenvalue weighted by Crippen LogP contribution is -2.29. The topological polar surface area (TPSA) is 46.6 Å². The van der Waals surface area contributed by atoms with Gasteiger partial charge in [0.15, 0.2) is 0 Å². The summed E-state index contributed by atoms with van der Waals surface area (Å²) in [5.41, 5.74) is 2.37. The van der Waals surface area contributed by atoms with E-state index in [1.54, 1.807) is 66.7 Å². The van der Waals surface area contributed by atoms with Crippen molar-refractivity contribution >= 4 is 17.5 Å². The highest BCUT2D eigenvalue weighted by molar-refractivity contribution is 6.35. The predicted molar refractivity (Wildman–Crippen MR) is 106 cm³/mol. The molecular weight excluding hydrogens is 350 g/mol. The molecule has 0 saturated heterocycles. The fourth-order valence-electron chi connectivity index (χ4n) is 3.03. The molecule has 0 unspecified atom stereocenters. The lowest BCUT2D eigenvalue weighted by Gasteiger charge is -2.14. The fourth-order valence-corrected chi connectivity index (χ4v) is 3.03. The molecule has 0 aromatic heterocycles. The Labute approximate surface area is 162 Å². The molecule has 2 amide bonds. The molecule has 0 N–H and O–H groups in total. The molecule has 0 fully saturated rings. The number of anilines is 1. The van der Waals surface area contributed by atoms with Gasteiger partial charge in [-0.15, -0.1) is 12.8 Å². The first-order valence-corrected chi connectivity index (χ1v) is 8.45. The minimum atomic E-state index is -0.440. The number of hydrogen-bond acceptors (Lipinski definition) is 3. The highest BCUT2D eigenvalue weighted by atomic mass is 16.5. The number of hydrogen-bond donors (Lipinski definition) is 0. The molecule has 0 radical (unpaired) electrons. The van der Waals surface area contributed by atoms with Crippen LogP contribution >= 0.6 is 0 Å². The van der Waals surface area contributed by atoms with Crippen LogP contribution in [0.25, 0.3) is 0 Å². The van der Waals surface area contributed by atoms with Crippen LogP contribution in [-0.4, -0.2) is 11.8 Å². The second kappa shape index (κ2) is 6.79. The largest absolute Gasteiger partial charge is 0.457 e. The van der Waals surface area contributed by atoms with E-state index in [0.29, 0.717) is 28.3 Å². The minimum Gasteiger partial charge on any atom is -0.457 e. The maximum Gasteiger partial charge on any atom is 0.269 e. The number of ether oxygens (including phenoxy) is 1. The standard InChI is InChI=1S/C24H13NO3/c1-3-16-8-12-18(13-9-16)25-23(26)20-6-5-7-21(22(20)24(25)27)28-19-14-10-17(4-2)11-15-19/h1-2,5-15H. The van der Waals surface area contributed by atoms with E-state index in [0.717, 1.165) is 10.5 Å². The summed E-state index contributed by atoms with van der Waals surface area (Å²) in [6, 6.07) is 18.5. The van der Waals surface area contributed by atoms with Gasteiger partial charge in [0.2, 0.25) is 0 Å². The van der Waals surface area contributed by atoms with E-state index < -0.39 is 11.8 Å². The summed E-state index contributed by atoms with van der Waals surface area (Å²) in [5, 5.41) is 0. The summed E-state index contributed by atoms with van der Waals surface area (Å²) >= 11 is 0. The third kappa shape index (κ3) is 2.80. The summed E-state index contributed by atoms with van der Waals surface area (Å²) in [6.45, 7) is 0. The number of carbonyl (C=O) groups is 2. The lowest BCUT2D eigenvalue weighted by atomic mass is 10.1. The third-order valence-electron chi connectivity index (χ3n) is 4.42. The fraction of sp³-hybridized carbons (Fsp3) is 0. The molecule has 4 nitrogen and oxygen atoms in total. The van der Waals surface area contributed by atoms with Gasteiger partial charge in [-0.1, -0.05) is 17.9 Å². The molecule has 3 aromatic rings. The monoisotopic (exact) mass is 363 g/mol. The van der Waals surface area contributed by atoms with Gasteiger partial charge < -0.3 is 4.74 Å². The Morgan fingerprint density at radius 3 is 1.96 bits per heavy atom.